The Kier molecular flexibility index (Phi) is 6.52. The fourth-order valence-electron chi connectivity index (χ4n) is 1.30. The molecule has 1 heterocycles. The Morgan fingerprint density at radius 1 is 1.47 bits per heavy atom. The van der Waals surface area contributed by atoms with Crippen LogP contribution in [0, 0.1) is 0 Å². The van der Waals surface area contributed by atoms with Gasteiger partial charge in [0, 0.05) is 17.9 Å². The SMILES string of the molecule is C/C=C/C=CC(=O)Nc1nc(CCCC(=O)O)cs1. The quantitative estimate of drug-likeness (QED) is 0.594. The summed E-state index contributed by atoms with van der Waals surface area (Å²) in [6, 6.07) is 0. The molecule has 0 unspecified atom stereocenters. The highest BCUT2D eigenvalue weighted by Crippen LogP contribution is 2.16. The molecule has 1 rings (SSSR count). The number of carboxylic acid groups (broad SMARTS) is 1. The first-order valence-electron chi connectivity index (χ1n) is 5.88. The molecule has 5 nitrogen and oxygen atoms in total. The Balaban J connectivity index is 2.41. The zero-order chi connectivity index (χ0) is 14.1. The molecule has 6 heteroatoms. The van der Waals surface area contributed by atoms with E-state index in [1.54, 1.807) is 12.2 Å². The fraction of sp³-hybridized carbons (Fsp3) is 0.308. The average molecular weight is 280 g/mol. The standard InChI is InChI=1S/C13H16N2O3S/c1-2-3-4-7-11(16)15-13-14-10(9-19-13)6-5-8-12(17)18/h2-4,7,9H,5-6,8H2,1H3,(H,17,18)(H,14,15,16)/b3-2+,7-4?. The van der Waals surface area contributed by atoms with Gasteiger partial charge in [-0.3, -0.25) is 14.9 Å². The van der Waals surface area contributed by atoms with E-state index in [0.717, 1.165) is 5.69 Å². The van der Waals surface area contributed by atoms with Crippen LogP contribution in [0.4, 0.5) is 5.13 Å². The molecular formula is C13H16N2O3S. The number of nitrogens with zero attached hydrogens (tertiary/aromatic N) is 1. The highest BCUT2D eigenvalue weighted by Gasteiger charge is 2.05. The number of carbonyl (C=O) groups excluding carboxylic acids is 1. The first-order chi connectivity index (χ1) is 9.11. The van der Waals surface area contributed by atoms with E-state index in [9.17, 15) is 9.59 Å². The molecule has 0 aromatic carbocycles. The number of thiazole rings is 1. The number of hydrogen-bond donors (Lipinski definition) is 2. The van der Waals surface area contributed by atoms with Crippen LogP contribution >= 0.6 is 11.3 Å². The maximum Gasteiger partial charge on any atom is 0.303 e. The number of amides is 1. The van der Waals surface area contributed by atoms with Crippen LogP contribution in [0.15, 0.2) is 29.7 Å². The largest absolute Gasteiger partial charge is 0.481 e. The molecule has 0 bridgehead atoms. The summed E-state index contributed by atoms with van der Waals surface area (Å²) in [5, 5.41) is 13.5. The van der Waals surface area contributed by atoms with Crippen molar-refractivity contribution < 1.29 is 14.7 Å². The van der Waals surface area contributed by atoms with Crippen molar-refractivity contribution in [3.63, 3.8) is 0 Å². The molecule has 0 atom stereocenters. The number of aryl methyl sites for hydroxylation is 1. The molecule has 0 fully saturated rings. The number of anilines is 1. The van der Waals surface area contributed by atoms with Crippen molar-refractivity contribution in [3.05, 3.63) is 35.4 Å². The molecule has 19 heavy (non-hydrogen) atoms. The van der Waals surface area contributed by atoms with Crippen LogP contribution in [0.5, 0.6) is 0 Å². The van der Waals surface area contributed by atoms with E-state index in [2.05, 4.69) is 10.3 Å². The minimum absolute atomic E-state index is 0.130. The van der Waals surface area contributed by atoms with Gasteiger partial charge in [-0.25, -0.2) is 4.98 Å². The minimum Gasteiger partial charge on any atom is -0.481 e. The van der Waals surface area contributed by atoms with E-state index in [-0.39, 0.29) is 12.3 Å². The van der Waals surface area contributed by atoms with Crippen LogP contribution in [-0.2, 0) is 16.0 Å². The smallest absolute Gasteiger partial charge is 0.303 e. The molecule has 0 aliphatic rings. The highest BCUT2D eigenvalue weighted by molar-refractivity contribution is 7.13. The van der Waals surface area contributed by atoms with Crippen LogP contribution in [-0.4, -0.2) is 22.0 Å². The van der Waals surface area contributed by atoms with Crippen LogP contribution in [0.25, 0.3) is 0 Å². The zero-order valence-electron chi connectivity index (χ0n) is 10.6. The van der Waals surface area contributed by atoms with Crippen molar-refractivity contribution in [1.82, 2.24) is 4.98 Å². The normalized spacial score (nSPS) is 11.2. The average Bonchev–Trinajstić information content (AvgIpc) is 2.76. The molecule has 1 aromatic rings. The maximum atomic E-state index is 11.5. The number of rotatable bonds is 7. The lowest BCUT2D eigenvalue weighted by Gasteiger charge is -1.95. The lowest BCUT2D eigenvalue weighted by Crippen LogP contribution is -2.07. The van der Waals surface area contributed by atoms with Crippen molar-refractivity contribution in [1.29, 1.82) is 0 Å². The Hall–Kier alpha value is -1.95. The third-order valence-electron chi connectivity index (χ3n) is 2.16. The Morgan fingerprint density at radius 3 is 2.95 bits per heavy atom. The van der Waals surface area contributed by atoms with E-state index in [0.29, 0.717) is 18.0 Å². The summed E-state index contributed by atoms with van der Waals surface area (Å²) in [4.78, 5) is 26.1. The van der Waals surface area contributed by atoms with E-state index >= 15 is 0 Å². The molecule has 0 saturated carbocycles. The van der Waals surface area contributed by atoms with Gasteiger partial charge in [0.1, 0.15) is 0 Å². The van der Waals surface area contributed by atoms with Gasteiger partial charge in [-0.05, 0) is 19.8 Å². The number of nitrogens with one attached hydrogen (secondary N) is 1. The molecular weight excluding hydrogens is 264 g/mol. The van der Waals surface area contributed by atoms with Crippen LogP contribution in [0.1, 0.15) is 25.5 Å². The number of aliphatic carboxylic acids is 1. The van der Waals surface area contributed by atoms with Crippen molar-refractivity contribution >= 4 is 28.3 Å². The maximum absolute atomic E-state index is 11.5. The predicted molar refractivity (Wildman–Crippen MR) is 75.3 cm³/mol. The molecule has 2 N–H and O–H groups in total. The van der Waals surface area contributed by atoms with Crippen molar-refractivity contribution in [2.24, 2.45) is 0 Å². The second-order valence-corrected chi connectivity index (χ2v) is 4.62. The number of carbonyl (C=O) groups is 2. The van der Waals surface area contributed by atoms with E-state index in [1.807, 2.05) is 18.4 Å². The lowest BCUT2D eigenvalue weighted by atomic mass is 10.2. The fourth-order valence-corrected chi connectivity index (χ4v) is 2.05. The molecule has 0 spiro atoms. The second-order valence-electron chi connectivity index (χ2n) is 3.77. The minimum atomic E-state index is -0.808. The van der Waals surface area contributed by atoms with Crippen LogP contribution in [0.3, 0.4) is 0 Å². The van der Waals surface area contributed by atoms with Gasteiger partial charge in [-0.2, -0.15) is 0 Å². The molecule has 1 amide bonds. The third kappa shape index (κ3) is 6.52. The van der Waals surface area contributed by atoms with E-state index in [4.69, 9.17) is 5.11 Å². The Bertz CT molecular complexity index is 492. The van der Waals surface area contributed by atoms with Gasteiger partial charge in [0.2, 0.25) is 5.91 Å². The van der Waals surface area contributed by atoms with E-state index < -0.39 is 5.97 Å². The summed E-state index contributed by atoms with van der Waals surface area (Å²) < 4.78 is 0. The molecule has 102 valence electrons. The van der Waals surface area contributed by atoms with Gasteiger partial charge < -0.3 is 5.11 Å². The first kappa shape index (κ1) is 15.1. The topological polar surface area (TPSA) is 79.3 Å². The summed E-state index contributed by atoms with van der Waals surface area (Å²) >= 11 is 1.33. The summed E-state index contributed by atoms with van der Waals surface area (Å²) in [5.41, 5.74) is 0.805. The second kappa shape index (κ2) is 8.20. The lowest BCUT2D eigenvalue weighted by molar-refractivity contribution is -0.137. The monoisotopic (exact) mass is 280 g/mol. The zero-order valence-corrected chi connectivity index (χ0v) is 11.4. The van der Waals surface area contributed by atoms with Crippen LogP contribution < -0.4 is 5.32 Å². The number of carboxylic acids is 1. The molecule has 1 aromatic heterocycles. The number of hydrogen-bond acceptors (Lipinski definition) is 4. The molecule has 0 aliphatic heterocycles. The van der Waals surface area contributed by atoms with Crippen LogP contribution in [0.2, 0.25) is 0 Å². The first-order valence-corrected chi connectivity index (χ1v) is 6.76. The van der Waals surface area contributed by atoms with Gasteiger partial charge in [0.25, 0.3) is 0 Å². The number of aromatic nitrogens is 1. The van der Waals surface area contributed by atoms with Gasteiger partial charge in [-0.1, -0.05) is 18.2 Å². The Labute approximate surface area is 115 Å². The molecule has 0 aliphatic carbocycles. The molecule has 0 radical (unpaired) electrons. The summed E-state index contributed by atoms with van der Waals surface area (Å²) in [6.45, 7) is 1.87. The number of allylic oxidation sites excluding steroid dienone is 3. The van der Waals surface area contributed by atoms with Crippen molar-refractivity contribution in [2.45, 2.75) is 26.2 Å². The van der Waals surface area contributed by atoms with Crippen molar-refractivity contribution in [2.75, 3.05) is 5.32 Å². The predicted octanol–water partition coefficient (Wildman–Crippen LogP) is 2.62. The summed E-state index contributed by atoms with van der Waals surface area (Å²) in [5.74, 6) is -1.04. The van der Waals surface area contributed by atoms with Gasteiger partial charge >= 0.3 is 5.97 Å². The third-order valence-corrected chi connectivity index (χ3v) is 2.96. The van der Waals surface area contributed by atoms with Crippen molar-refractivity contribution in [3.8, 4) is 0 Å². The van der Waals surface area contributed by atoms with Gasteiger partial charge in [0.15, 0.2) is 5.13 Å². The van der Waals surface area contributed by atoms with Gasteiger partial charge in [0.05, 0.1) is 5.69 Å². The summed E-state index contributed by atoms with van der Waals surface area (Å²) in [7, 11) is 0. The molecule has 0 saturated heterocycles. The van der Waals surface area contributed by atoms with Gasteiger partial charge in [-0.15, -0.1) is 11.3 Å². The van der Waals surface area contributed by atoms with E-state index in [1.165, 1.54) is 17.4 Å². The Morgan fingerprint density at radius 2 is 2.26 bits per heavy atom. The highest BCUT2D eigenvalue weighted by atomic mass is 32.1. The summed E-state index contributed by atoms with van der Waals surface area (Å²) in [6.07, 6.45) is 7.95.